The summed E-state index contributed by atoms with van der Waals surface area (Å²) in [5.74, 6) is -0.323. The number of nitrogens with one attached hydrogen (secondary N) is 2. The largest absolute Gasteiger partial charge is 0.344 e. The summed E-state index contributed by atoms with van der Waals surface area (Å²) in [6.07, 6.45) is 1.46. The summed E-state index contributed by atoms with van der Waals surface area (Å²) in [6, 6.07) is 6.53. The maximum atomic E-state index is 12.2. The van der Waals surface area contributed by atoms with Crippen LogP contribution in [0.1, 0.15) is 40.5 Å². The first-order chi connectivity index (χ1) is 11.2. The summed E-state index contributed by atoms with van der Waals surface area (Å²) in [7, 11) is 0. The van der Waals surface area contributed by atoms with Gasteiger partial charge in [-0.1, -0.05) is 20.8 Å². The molecule has 1 aliphatic heterocycles. The Morgan fingerprint density at radius 3 is 2.29 bits per heavy atom. The van der Waals surface area contributed by atoms with E-state index in [1.807, 2.05) is 12.1 Å². The van der Waals surface area contributed by atoms with Crippen LogP contribution >= 0.6 is 0 Å². The number of carbonyl (C=O) groups excluding carboxylic acids is 3. The SMILES string of the molecule is CC(NC(=O)C(C)(C)C)C(=O)Nc1ccc(N2CCCC2=O)cc1. The van der Waals surface area contributed by atoms with Crippen molar-refractivity contribution in [3.05, 3.63) is 24.3 Å². The number of amides is 3. The molecule has 2 rings (SSSR count). The van der Waals surface area contributed by atoms with Crippen molar-refractivity contribution < 1.29 is 14.4 Å². The number of rotatable bonds is 4. The summed E-state index contributed by atoms with van der Waals surface area (Å²) >= 11 is 0. The van der Waals surface area contributed by atoms with Crippen molar-refractivity contribution in [2.75, 3.05) is 16.8 Å². The Morgan fingerprint density at radius 1 is 1.17 bits per heavy atom. The summed E-state index contributed by atoms with van der Waals surface area (Å²) < 4.78 is 0. The summed E-state index contributed by atoms with van der Waals surface area (Å²) in [5.41, 5.74) is 0.926. The van der Waals surface area contributed by atoms with Crippen molar-refractivity contribution >= 4 is 29.1 Å². The monoisotopic (exact) mass is 331 g/mol. The van der Waals surface area contributed by atoms with Crippen LogP contribution in [-0.4, -0.2) is 30.3 Å². The van der Waals surface area contributed by atoms with Gasteiger partial charge in [0.2, 0.25) is 17.7 Å². The van der Waals surface area contributed by atoms with E-state index in [0.717, 1.165) is 18.7 Å². The molecule has 1 fully saturated rings. The zero-order valence-electron chi connectivity index (χ0n) is 14.7. The topological polar surface area (TPSA) is 78.5 Å². The van der Waals surface area contributed by atoms with Gasteiger partial charge in [-0.05, 0) is 37.6 Å². The Balaban J connectivity index is 1.94. The molecule has 0 saturated carbocycles. The maximum Gasteiger partial charge on any atom is 0.246 e. The molecule has 1 heterocycles. The first-order valence-electron chi connectivity index (χ1n) is 8.21. The Morgan fingerprint density at radius 2 is 1.79 bits per heavy atom. The van der Waals surface area contributed by atoms with Crippen LogP contribution in [-0.2, 0) is 14.4 Å². The van der Waals surface area contributed by atoms with E-state index in [0.29, 0.717) is 12.1 Å². The highest BCUT2D eigenvalue weighted by Gasteiger charge is 2.25. The Labute approximate surface area is 142 Å². The summed E-state index contributed by atoms with van der Waals surface area (Å²) in [5, 5.41) is 5.47. The summed E-state index contributed by atoms with van der Waals surface area (Å²) in [6.45, 7) is 7.78. The van der Waals surface area contributed by atoms with Crippen LogP contribution in [0.15, 0.2) is 24.3 Å². The van der Waals surface area contributed by atoms with Crippen LogP contribution in [0.25, 0.3) is 0 Å². The fourth-order valence-electron chi connectivity index (χ4n) is 2.38. The molecule has 0 aromatic heterocycles. The van der Waals surface area contributed by atoms with Gasteiger partial charge in [0.15, 0.2) is 0 Å². The van der Waals surface area contributed by atoms with Gasteiger partial charge in [-0.2, -0.15) is 0 Å². The van der Waals surface area contributed by atoms with Crippen LogP contribution < -0.4 is 15.5 Å². The van der Waals surface area contributed by atoms with Crippen LogP contribution in [0.4, 0.5) is 11.4 Å². The molecule has 6 nitrogen and oxygen atoms in total. The quantitative estimate of drug-likeness (QED) is 0.888. The van der Waals surface area contributed by atoms with Gasteiger partial charge in [0.1, 0.15) is 6.04 Å². The molecule has 0 radical (unpaired) electrons. The Hall–Kier alpha value is -2.37. The first kappa shape index (κ1) is 18.0. The average Bonchev–Trinajstić information content (AvgIpc) is 2.93. The molecule has 3 amide bonds. The normalized spacial score (nSPS) is 16.0. The third kappa shape index (κ3) is 4.34. The second-order valence-corrected chi connectivity index (χ2v) is 7.13. The zero-order chi connectivity index (χ0) is 17.9. The standard InChI is InChI=1S/C18H25N3O3/c1-12(19-17(24)18(2,3)4)16(23)20-13-7-9-14(10-8-13)21-11-5-6-15(21)22/h7-10,12H,5-6,11H2,1-4H3,(H,19,24)(H,20,23). The van der Waals surface area contributed by atoms with Crippen LogP contribution in [0.2, 0.25) is 0 Å². The van der Waals surface area contributed by atoms with Crippen molar-refractivity contribution in [2.45, 2.75) is 46.6 Å². The van der Waals surface area contributed by atoms with Gasteiger partial charge in [-0.15, -0.1) is 0 Å². The first-order valence-corrected chi connectivity index (χ1v) is 8.21. The van der Waals surface area contributed by atoms with E-state index in [1.165, 1.54) is 0 Å². The minimum absolute atomic E-state index is 0.130. The van der Waals surface area contributed by atoms with E-state index in [9.17, 15) is 14.4 Å². The van der Waals surface area contributed by atoms with E-state index in [2.05, 4.69) is 10.6 Å². The Bertz CT molecular complexity index is 632. The van der Waals surface area contributed by atoms with Crippen LogP contribution in [0, 0.1) is 5.41 Å². The molecule has 1 saturated heterocycles. The van der Waals surface area contributed by atoms with Gasteiger partial charge in [0.05, 0.1) is 0 Å². The minimum Gasteiger partial charge on any atom is -0.344 e. The number of nitrogens with zero attached hydrogens (tertiary/aromatic N) is 1. The maximum absolute atomic E-state index is 12.2. The average molecular weight is 331 g/mol. The molecular weight excluding hydrogens is 306 g/mol. The molecule has 1 unspecified atom stereocenters. The minimum atomic E-state index is -0.628. The molecule has 1 aromatic carbocycles. The van der Waals surface area contributed by atoms with Crippen LogP contribution in [0.3, 0.4) is 0 Å². The molecule has 6 heteroatoms. The lowest BCUT2D eigenvalue weighted by molar-refractivity contribution is -0.131. The second kappa shape index (κ2) is 7.03. The predicted octanol–water partition coefficient (Wildman–Crippen LogP) is 2.30. The third-order valence-electron chi connectivity index (χ3n) is 3.94. The fraction of sp³-hybridized carbons (Fsp3) is 0.500. The van der Waals surface area contributed by atoms with Crippen molar-refractivity contribution in [3.8, 4) is 0 Å². The predicted molar refractivity (Wildman–Crippen MR) is 93.7 cm³/mol. The number of hydrogen-bond acceptors (Lipinski definition) is 3. The van der Waals surface area contributed by atoms with E-state index >= 15 is 0 Å². The van der Waals surface area contributed by atoms with Gasteiger partial charge in [-0.3, -0.25) is 14.4 Å². The van der Waals surface area contributed by atoms with Crippen LogP contribution in [0.5, 0.6) is 0 Å². The lowest BCUT2D eigenvalue weighted by Crippen LogP contribution is -2.46. The molecule has 0 spiro atoms. The summed E-state index contributed by atoms with van der Waals surface area (Å²) in [4.78, 5) is 37.6. The van der Waals surface area contributed by atoms with E-state index in [1.54, 1.807) is 44.7 Å². The molecule has 0 aliphatic carbocycles. The van der Waals surface area contributed by atoms with Crippen molar-refractivity contribution in [1.29, 1.82) is 0 Å². The number of benzene rings is 1. The van der Waals surface area contributed by atoms with Crippen molar-refractivity contribution in [3.63, 3.8) is 0 Å². The molecule has 1 atom stereocenters. The molecule has 0 bridgehead atoms. The van der Waals surface area contributed by atoms with Gasteiger partial charge in [0, 0.05) is 29.8 Å². The fourth-order valence-corrected chi connectivity index (χ4v) is 2.38. The van der Waals surface area contributed by atoms with Gasteiger partial charge in [0.25, 0.3) is 0 Å². The van der Waals surface area contributed by atoms with Gasteiger partial charge < -0.3 is 15.5 Å². The third-order valence-corrected chi connectivity index (χ3v) is 3.94. The lowest BCUT2D eigenvalue weighted by atomic mass is 9.95. The zero-order valence-corrected chi connectivity index (χ0v) is 14.7. The number of carbonyl (C=O) groups is 3. The second-order valence-electron chi connectivity index (χ2n) is 7.13. The molecular formula is C18H25N3O3. The van der Waals surface area contributed by atoms with E-state index < -0.39 is 11.5 Å². The number of hydrogen-bond donors (Lipinski definition) is 2. The van der Waals surface area contributed by atoms with Crippen molar-refractivity contribution in [2.24, 2.45) is 5.41 Å². The molecule has 130 valence electrons. The molecule has 2 N–H and O–H groups in total. The van der Waals surface area contributed by atoms with E-state index in [4.69, 9.17) is 0 Å². The Kier molecular flexibility index (Phi) is 5.26. The van der Waals surface area contributed by atoms with Gasteiger partial charge >= 0.3 is 0 Å². The van der Waals surface area contributed by atoms with Crippen molar-refractivity contribution in [1.82, 2.24) is 5.32 Å². The van der Waals surface area contributed by atoms with Gasteiger partial charge in [-0.25, -0.2) is 0 Å². The number of anilines is 2. The highest BCUT2D eigenvalue weighted by Crippen LogP contribution is 2.23. The smallest absolute Gasteiger partial charge is 0.246 e. The highest BCUT2D eigenvalue weighted by atomic mass is 16.2. The van der Waals surface area contributed by atoms with E-state index in [-0.39, 0.29) is 17.7 Å². The molecule has 24 heavy (non-hydrogen) atoms. The lowest BCUT2D eigenvalue weighted by Gasteiger charge is -2.21. The molecule has 1 aromatic rings. The highest BCUT2D eigenvalue weighted by molar-refractivity contribution is 5.98. The molecule has 1 aliphatic rings.